The Morgan fingerprint density at radius 2 is 1.83 bits per heavy atom. The summed E-state index contributed by atoms with van der Waals surface area (Å²) >= 11 is 0. The maximum Gasteiger partial charge on any atom is 0.397 e. The largest absolute Gasteiger partial charge is 0.397 e. The second-order valence-corrected chi connectivity index (χ2v) is 7.69. The number of allylic oxidation sites excluding steroid dienone is 1. The molecule has 0 N–H and O–H groups in total. The molecule has 1 aromatic carbocycles. The van der Waals surface area contributed by atoms with Gasteiger partial charge in [0.1, 0.15) is 0 Å². The summed E-state index contributed by atoms with van der Waals surface area (Å²) in [5, 5.41) is 0. The molecule has 4 nitrogen and oxygen atoms in total. The van der Waals surface area contributed by atoms with E-state index in [9.17, 15) is 9.36 Å². The Kier molecular flexibility index (Phi) is 5.96. The van der Waals surface area contributed by atoms with Crippen LogP contribution in [0.25, 0.3) is 0 Å². The standard InChI is InChI=1S/C18H25O4P/c1-4-16(15-11-8-7-9-12-15)18(13-10-14-18)17(19)23(20,21-5-2)22-6-3/h4,7-9,11-12,16H,1,5-6,10,13-14H2,2-3H3/t16-/m1/s1. The molecule has 1 aromatic rings. The van der Waals surface area contributed by atoms with E-state index in [0.29, 0.717) is 12.8 Å². The zero-order valence-corrected chi connectivity index (χ0v) is 14.8. The third-order valence-corrected chi connectivity index (χ3v) is 6.65. The van der Waals surface area contributed by atoms with E-state index in [1.165, 1.54) is 0 Å². The van der Waals surface area contributed by atoms with Crippen LogP contribution in [0.15, 0.2) is 43.0 Å². The molecule has 0 saturated heterocycles. The van der Waals surface area contributed by atoms with Crippen LogP contribution in [0.5, 0.6) is 0 Å². The van der Waals surface area contributed by atoms with Crippen LogP contribution in [-0.2, 0) is 18.4 Å². The molecule has 0 radical (unpaired) electrons. The summed E-state index contributed by atoms with van der Waals surface area (Å²) in [5.41, 5.74) is -0.119. The first-order chi connectivity index (χ1) is 11.0. The molecular formula is C18H25O4P. The number of carbonyl (C=O) groups excluding carboxylic acids is 1. The van der Waals surface area contributed by atoms with Crippen molar-refractivity contribution in [3.05, 3.63) is 48.6 Å². The van der Waals surface area contributed by atoms with Crippen LogP contribution < -0.4 is 0 Å². The van der Waals surface area contributed by atoms with Gasteiger partial charge in [0.25, 0.3) is 5.52 Å². The highest BCUT2D eigenvalue weighted by atomic mass is 31.2. The fourth-order valence-corrected chi connectivity index (χ4v) is 5.22. The zero-order chi connectivity index (χ0) is 16.9. The Bertz CT molecular complexity index is 582. The lowest BCUT2D eigenvalue weighted by Gasteiger charge is -2.46. The van der Waals surface area contributed by atoms with Gasteiger partial charge in [-0.3, -0.25) is 9.36 Å². The van der Waals surface area contributed by atoms with Gasteiger partial charge in [0.2, 0.25) is 0 Å². The average Bonchev–Trinajstić information content (AvgIpc) is 2.51. The second kappa shape index (κ2) is 7.57. The molecule has 23 heavy (non-hydrogen) atoms. The maximum absolute atomic E-state index is 13.2. The molecule has 0 spiro atoms. The molecule has 1 atom stereocenters. The first-order valence-corrected chi connectivity index (χ1v) is 9.70. The second-order valence-electron chi connectivity index (χ2n) is 5.77. The third kappa shape index (κ3) is 3.35. The molecule has 126 valence electrons. The summed E-state index contributed by atoms with van der Waals surface area (Å²) < 4.78 is 23.6. The average molecular weight is 336 g/mol. The van der Waals surface area contributed by atoms with Gasteiger partial charge in [0, 0.05) is 5.92 Å². The molecule has 2 rings (SSSR count). The summed E-state index contributed by atoms with van der Waals surface area (Å²) in [6.45, 7) is 7.72. The van der Waals surface area contributed by atoms with Gasteiger partial charge in [-0.1, -0.05) is 42.8 Å². The first-order valence-electron chi connectivity index (χ1n) is 8.15. The number of benzene rings is 1. The van der Waals surface area contributed by atoms with E-state index in [2.05, 4.69) is 6.58 Å². The van der Waals surface area contributed by atoms with Crippen molar-refractivity contribution in [3.63, 3.8) is 0 Å². The van der Waals surface area contributed by atoms with Crippen molar-refractivity contribution in [2.24, 2.45) is 5.41 Å². The van der Waals surface area contributed by atoms with Crippen molar-refractivity contribution < 1.29 is 18.4 Å². The molecule has 1 fully saturated rings. The minimum Gasteiger partial charge on any atom is -0.303 e. The molecular weight excluding hydrogens is 311 g/mol. The zero-order valence-electron chi connectivity index (χ0n) is 13.9. The molecule has 5 heteroatoms. The molecule has 1 aliphatic rings. The SMILES string of the molecule is C=C[C@H](c1ccccc1)C1(C(=O)P(=O)(OCC)OCC)CCC1. The van der Waals surface area contributed by atoms with Gasteiger partial charge in [-0.15, -0.1) is 6.58 Å². The normalized spacial score (nSPS) is 18.0. The van der Waals surface area contributed by atoms with Crippen molar-refractivity contribution in [3.8, 4) is 0 Å². The van der Waals surface area contributed by atoms with Crippen molar-refractivity contribution >= 4 is 13.1 Å². The Labute approximate surface area is 138 Å². The maximum atomic E-state index is 13.2. The van der Waals surface area contributed by atoms with Gasteiger partial charge in [-0.2, -0.15) is 0 Å². The molecule has 0 aromatic heterocycles. The highest BCUT2D eigenvalue weighted by Gasteiger charge is 2.56. The van der Waals surface area contributed by atoms with Gasteiger partial charge in [0.15, 0.2) is 0 Å². The van der Waals surface area contributed by atoms with Crippen LogP contribution in [0, 0.1) is 5.41 Å². The van der Waals surface area contributed by atoms with E-state index < -0.39 is 18.5 Å². The fraction of sp³-hybridized carbons (Fsp3) is 0.500. The minimum absolute atomic E-state index is 0.181. The van der Waals surface area contributed by atoms with E-state index in [0.717, 1.165) is 12.0 Å². The number of hydrogen-bond acceptors (Lipinski definition) is 4. The molecule has 0 heterocycles. The van der Waals surface area contributed by atoms with Crippen LogP contribution in [0.2, 0.25) is 0 Å². The van der Waals surface area contributed by atoms with Crippen molar-refractivity contribution in [2.75, 3.05) is 13.2 Å². The number of carbonyl (C=O) groups is 1. The van der Waals surface area contributed by atoms with Gasteiger partial charge < -0.3 is 9.05 Å². The molecule has 1 aliphatic carbocycles. The summed E-state index contributed by atoms with van der Waals surface area (Å²) in [6, 6.07) is 9.77. The summed E-state index contributed by atoms with van der Waals surface area (Å²) in [6.07, 6.45) is 4.08. The Hall–Kier alpha value is -1.22. The fourth-order valence-electron chi connectivity index (χ4n) is 3.32. The van der Waals surface area contributed by atoms with E-state index in [1.54, 1.807) is 19.9 Å². The van der Waals surface area contributed by atoms with Crippen LogP contribution >= 0.6 is 7.60 Å². The predicted molar refractivity (Wildman–Crippen MR) is 91.5 cm³/mol. The van der Waals surface area contributed by atoms with Crippen molar-refractivity contribution in [2.45, 2.75) is 39.0 Å². The lowest BCUT2D eigenvalue weighted by Crippen LogP contribution is -2.43. The van der Waals surface area contributed by atoms with E-state index in [-0.39, 0.29) is 19.1 Å². The van der Waals surface area contributed by atoms with Gasteiger partial charge in [-0.05, 0) is 32.3 Å². The third-order valence-electron chi connectivity index (χ3n) is 4.51. The topological polar surface area (TPSA) is 52.6 Å². The summed E-state index contributed by atoms with van der Waals surface area (Å²) in [5.74, 6) is -0.181. The minimum atomic E-state index is -3.77. The monoisotopic (exact) mass is 336 g/mol. The highest BCUT2D eigenvalue weighted by Crippen LogP contribution is 2.63. The first kappa shape index (κ1) is 18.1. The lowest BCUT2D eigenvalue weighted by atomic mass is 9.60. The number of hydrogen-bond donors (Lipinski definition) is 0. The van der Waals surface area contributed by atoms with E-state index >= 15 is 0 Å². The Morgan fingerprint density at radius 3 is 2.22 bits per heavy atom. The lowest BCUT2D eigenvalue weighted by molar-refractivity contribution is -0.128. The van der Waals surface area contributed by atoms with Crippen LogP contribution in [0.1, 0.15) is 44.6 Å². The van der Waals surface area contributed by atoms with Crippen molar-refractivity contribution in [1.82, 2.24) is 0 Å². The summed E-state index contributed by atoms with van der Waals surface area (Å²) in [7, 11) is -3.77. The molecule has 1 saturated carbocycles. The number of rotatable bonds is 9. The van der Waals surface area contributed by atoms with E-state index in [1.807, 2.05) is 30.3 Å². The smallest absolute Gasteiger partial charge is 0.303 e. The predicted octanol–water partition coefficient (Wildman–Crippen LogP) is 4.92. The summed E-state index contributed by atoms with van der Waals surface area (Å²) in [4.78, 5) is 13.2. The van der Waals surface area contributed by atoms with Crippen molar-refractivity contribution in [1.29, 1.82) is 0 Å². The van der Waals surface area contributed by atoms with Crippen LogP contribution in [0.4, 0.5) is 0 Å². The Balaban J connectivity index is 2.41. The van der Waals surface area contributed by atoms with Gasteiger partial charge in [0.05, 0.1) is 18.6 Å². The Morgan fingerprint density at radius 1 is 1.26 bits per heavy atom. The highest BCUT2D eigenvalue weighted by molar-refractivity contribution is 7.72. The molecule has 0 aliphatic heterocycles. The van der Waals surface area contributed by atoms with Crippen LogP contribution in [0.3, 0.4) is 0 Å². The molecule has 0 unspecified atom stereocenters. The van der Waals surface area contributed by atoms with Gasteiger partial charge in [-0.25, -0.2) is 0 Å². The van der Waals surface area contributed by atoms with Crippen LogP contribution in [-0.4, -0.2) is 18.7 Å². The van der Waals surface area contributed by atoms with E-state index in [4.69, 9.17) is 9.05 Å². The molecule has 0 amide bonds. The van der Waals surface area contributed by atoms with Gasteiger partial charge >= 0.3 is 7.60 Å². The molecule has 0 bridgehead atoms. The quantitative estimate of drug-likeness (QED) is 0.474.